The number of nitrogens with one attached hydrogen (secondary N) is 1. The summed E-state index contributed by atoms with van der Waals surface area (Å²) in [6, 6.07) is 0.946. The Kier molecular flexibility index (Phi) is 5.13. The number of anilines is 2. The molecule has 0 aliphatic carbocycles. The third-order valence-electron chi connectivity index (χ3n) is 2.32. The van der Waals surface area contributed by atoms with Crippen LogP contribution < -0.4 is 11.1 Å². The van der Waals surface area contributed by atoms with Gasteiger partial charge in [-0.2, -0.15) is 24.9 Å². The fraction of sp³-hybridized carbons (Fsp3) is 0.545. The monoisotopic (exact) mass is 279 g/mol. The molecule has 0 spiro atoms. The molecule has 0 aromatic carbocycles. The first kappa shape index (κ1) is 14.9. The minimum Gasteiger partial charge on any atom is -0.396 e. The van der Waals surface area contributed by atoms with Crippen LogP contribution in [-0.4, -0.2) is 23.5 Å². The van der Waals surface area contributed by atoms with Gasteiger partial charge in [-0.3, -0.25) is 0 Å². The smallest absolute Gasteiger partial charge is 0.396 e. The summed E-state index contributed by atoms with van der Waals surface area (Å²) in [5, 5.41) is 2.93. The van der Waals surface area contributed by atoms with Gasteiger partial charge in [-0.1, -0.05) is 6.92 Å². The summed E-state index contributed by atoms with van der Waals surface area (Å²) in [6.45, 7) is 2.60. The van der Waals surface area contributed by atoms with Crippen molar-refractivity contribution in [1.82, 2.24) is 4.98 Å². The molecular weight excluding hydrogens is 263 g/mol. The van der Waals surface area contributed by atoms with Gasteiger partial charge < -0.3 is 11.1 Å². The quantitative estimate of drug-likeness (QED) is 0.869. The first-order valence-corrected chi connectivity index (χ1v) is 6.79. The van der Waals surface area contributed by atoms with Crippen molar-refractivity contribution >= 4 is 23.1 Å². The second-order valence-electron chi connectivity index (χ2n) is 4.10. The highest BCUT2D eigenvalue weighted by molar-refractivity contribution is 7.98. The van der Waals surface area contributed by atoms with Crippen molar-refractivity contribution in [2.24, 2.45) is 5.92 Å². The van der Waals surface area contributed by atoms with Crippen molar-refractivity contribution in [3.8, 4) is 0 Å². The Morgan fingerprint density at radius 3 is 2.72 bits per heavy atom. The predicted molar refractivity (Wildman–Crippen MR) is 69.7 cm³/mol. The number of pyridine rings is 1. The standard InChI is InChI=1S/C11H16F3N3S/c1-7(6-18-2)4-16-9-3-10(11(12,13)14)17-5-8(9)15/h3,5,7H,4,6,15H2,1-2H3,(H,16,17). The molecule has 1 heterocycles. The van der Waals surface area contributed by atoms with Crippen LogP contribution in [0.3, 0.4) is 0 Å². The zero-order chi connectivity index (χ0) is 13.8. The Bertz CT molecular complexity index is 396. The Hall–Kier alpha value is -1.11. The van der Waals surface area contributed by atoms with Crippen molar-refractivity contribution in [1.29, 1.82) is 0 Å². The van der Waals surface area contributed by atoms with E-state index >= 15 is 0 Å². The van der Waals surface area contributed by atoms with E-state index in [1.807, 2.05) is 13.2 Å². The summed E-state index contributed by atoms with van der Waals surface area (Å²) < 4.78 is 37.5. The lowest BCUT2D eigenvalue weighted by molar-refractivity contribution is -0.141. The van der Waals surface area contributed by atoms with Crippen LogP contribution in [0.1, 0.15) is 12.6 Å². The van der Waals surface area contributed by atoms with Crippen molar-refractivity contribution in [3.63, 3.8) is 0 Å². The van der Waals surface area contributed by atoms with Crippen molar-refractivity contribution in [2.45, 2.75) is 13.1 Å². The molecule has 3 N–H and O–H groups in total. The molecule has 18 heavy (non-hydrogen) atoms. The molecule has 0 aliphatic rings. The van der Waals surface area contributed by atoms with Crippen molar-refractivity contribution in [3.05, 3.63) is 18.0 Å². The van der Waals surface area contributed by atoms with Crippen LogP contribution in [0.25, 0.3) is 0 Å². The topological polar surface area (TPSA) is 50.9 Å². The number of nitrogens with zero attached hydrogens (tertiary/aromatic N) is 1. The summed E-state index contributed by atoms with van der Waals surface area (Å²) in [7, 11) is 0. The molecule has 1 atom stereocenters. The third-order valence-corrected chi connectivity index (χ3v) is 3.22. The predicted octanol–water partition coefficient (Wildman–Crippen LogP) is 3.09. The van der Waals surface area contributed by atoms with E-state index in [0.29, 0.717) is 12.5 Å². The molecule has 0 saturated carbocycles. The van der Waals surface area contributed by atoms with Gasteiger partial charge in [0, 0.05) is 6.54 Å². The molecule has 0 bridgehead atoms. The number of thioether (sulfide) groups is 1. The molecule has 1 aromatic rings. The van der Waals surface area contributed by atoms with Gasteiger partial charge in [0.1, 0.15) is 5.69 Å². The Labute approximate surface area is 108 Å². The minimum atomic E-state index is -4.45. The molecule has 0 saturated heterocycles. The van der Waals surface area contributed by atoms with E-state index < -0.39 is 11.9 Å². The number of hydrogen-bond donors (Lipinski definition) is 2. The van der Waals surface area contributed by atoms with Crippen molar-refractivity contribution in [2.75, 3.05) is 29.6 Å². The zero-order valence-electron chi connectivity index (χ0n) is 10.2. The van der Waals surface area contributed by atoms with Crippen LogP contribution >= 0.6 is 11.8 Å². The summed E-state index contributed by atoms with van der Waals surface area (Å²) >= 11 is 1.69. The summed E-state index contributed by atoms with van der Waals surface area (Å²) in [5.41, 5.74) is 5.17. The fourth-order valence-corrected chi connectivity index (χ4v) is 2.09. The van der Waals surface area contributed by atoms with Crippen LogP contribution in [0.15, 0.2) is 12.3 Å². The highest BCUT2D eigenvalue weighted by Gasteiger charge is 2.32. The number of rotatable bonds is 5. The number of hydrogen-bond acceptors (Lipinski definition) is 4. The van der Waals surface area contributed by atoms with Crippen LogP contribution in [0.5, 0.6) is 0 Å². The molecule has 3 nitrogen and oxygen atoms in total. The van der Waals surface area contributed by atoms with E-state index in [-0.39, 0.29) is 11.4 Å². The first-order chi connectivity index (χ1) is 8.34. The molecule has 1 rings (SSSR count). The molecule has 0 aliphatic heterocycles. The van der Waals surface area contributed by atoms with E-state index in [1.165, 1.54) is 0 Å². The Morgan fingerprint density at radius 1 is 1.50 bits per heavy atom. The Morgan fingerprint density at radius 2 is 2.17 bits per heavy atom. The molecule has 0 amide bonds. The number of aromatic nitrogens is 1. The number of nitrogen functional groups attached to an aromatic ring is 1. The van der Waals surface area contributed by atoms with Gasteiger partial charge in [-0.25, -0.2) is 4.98 Å². The summed E-state index contributed by atoms with van der Waals surface area (Å²) in [6.07, 6.45) is -1.43. The molecule has 1 aromatic heterocycles. The highest BCUT2D eigenvalue weighted by atomic mass is 32.2. The summed E-state index contributed by atoms with van der Waals surface area (Å²) in [5.74, 6) is 1.28. The Balaban J connectivity index is 2.76. The largest absolute Gasteiger partial charge is 0.433 e. The van der Waals surface area contributed by atoms with Crippen LogP contribution in [0.4, 0.5) is 24.5 Å². The zero-order valence-corrected chi connectivity index (χ0v) is 11.0. The number of halogens is 3. The van der Waals surface area contributed by atoms with Gasteiger partial charge in [0.25, 0.3) is 0 Å². The maximum absolute atomic E-state index is 12.5. The molecule has 7 heteroatoms. The van der Waals surface area contributed by atoms with Crippen LogP contribution in [0.2, 0.25) is 0 Å². The average molecular weight is 279 g/mol. The van der Waals surface area contributed by atoms with Crippen molar-refractivity contribution < 1.29 is 13.2 Å². The maximum atomic E-state index is 12.5. The number of alkyl halides is 3. The van der Waals surface area contributed by atoms with E-state index in [0.717, 1.165) is 18.0 Å². The maximum Gasteiger partial charge on any atom is 0.433 e. The SMILES string of the molecule is CSCC(C)CNc1cc(C(F)(F)F)ncc1N. The summed E-state index contributed by atoms with van der Waals surface area (Å²) in [4.78, 5) is 3.28. The van der Waals surface area contributed by atoms with Crippen LogP contribution in [-0.2, 0) is 6.18 Å². The third kappa shape index (κ3) is 4.29. The number of nitrogens with two attached hydrogens (primary N) is 1. The average Bonchev–Trinajstić information content (AvgIpc) is 2.26. The first-order valence-electron chi connectivity index (χ1n) is 5.40. The van der Waals surface area contributed by atoms with E-state index in [9.17, 15) is 13.2 Å². The van der Waals surface area contributed by atoms with Gasteiger partial charge in [0.2, 0.25) is 0 Å². The fourth-order valence-electron chi connectivity index (χ4n) is 1.40. The van der Waals surface area contributed by atoms with Gasteiger partial charge in [-0.15, -0.1) is 0 Å². The second-order valence-corrected chi connectivity index (χ2v) is 5.01. The van der Waals surface area contributed by atoms with E-state index in [1.54, 1.807) is 11.8 Å². The molecule has 0 fully saturated rings. The molecular formula is C11H16F3N3S. The van der Waals surface area contributed by atoms with Gasteiger partial charge in [0.15, 0.2) is 0 Å². The second kappa shape index (κ2) is 6.17. The van der Waals surface area contributed by atoms with Crippen LogP contribution in [0, 0.1) is 5.92 Å². The van der Waals surface area contributed by atoms with Gasteiger partial charge >= 0.3 is 6.18 Å². The minimum absolute atomic E-state index is 0.222. The van der Waals surface area contributed by atoms with Gasteiger partial charge in [0.05, 0.1) is 17.6 Å². The molecule has 1 unspecified atom stereocenters. The lowest BCUT2D eigenvalue weighted by atomic mass is 10.2. The lowest BCUT2D eigenvalue weighted by Gasteiger charge is -2.15. The highest BCUT2D eigenvalue weighted by Crippen LogP contribution is 2.31. The van der Waals surface area contributed by atoms with E-state index in [4.69, 9.17) is 5.73 Å². The normalized spacial score (nSPS) is 13.4. The van der Waals surface area contributed by atoms with E-state index in [2.05, 4.69) is 10.3 Å². The van der Waals surface area contributed by atoms with Gasteiger partial charge in [-0.05, 0) is 24.0 Å². The lowest BCUT2D eigenvalue weighted by Crippen LogP contribution is -2.16. The molecule has 0 radical (unpaired) electrons. The molecule has 102 valence electrons.